The SMILES string of the molecule is CC1CC1C=O.CNc1sc2c(c1C(N)=O)CCCC2. The zero-order valence-corrected chi connectivity index (χ0v) is 12.9. The van der Waals surface area contributed by atoms with Gasteiger partial charge < -0.3 is 15.8 Å². The number of carbonyl (C=O) groups is 2. The maximum absolute atomic E-state index is 11.3. The highest BCUT2D eigenvalue weighted by Gasteiger charge is 2.31. The topological polar surface area (TPSA) is 72.2 Å². The summed E-state index contributed by atoms with van der Waals surface area (Å²) in [6, 6.07) is 0. The molecule has 110 valence electrons. The summed E-state index contributed by atoms with van der Waals surface area (Å²) in [5, 5.41) is 3.99. The van der Waals surface area contributed by atoms with Gasteiger partial charge in [-0.25, -0.2) is 0 Å². The Morgan fingerprint density at radius 1 is 1.40 bits per heavy atom. The molecule has 5 heteroatoms. The number of anilines is 1. The summed E-state index contributed by atoms with van der Waals surface area (Å²) < 4.78 is 0. The molecule has 4 nitrogen and oxygen atoms in total. The maximum Gasteiger partial charge on any atom is 0.251 e. The number of fused-ring (bicyclic) bond motifs is 1. The van der Waals surface area contributed by atoms with E-state index < -0.39 is 0 Å². The first-order valence-electron chi connectivity index (χ1n) is 7.15. The second-order valence-electron chi connectivity index (χ2n) is 5.54. The molecule has 1 aromatic heterocycles. The molecular weight excluding hydrogens is 272 g/mol. The number of hydrogen-bond donors (Lipinski definition) is 2. The van der Waals surface area contributed by atoms with Crippen LogP contribution in [-0.4, -0.2) is 19.2 Å². The summed E-state index contributed by atoms with van der Waals surface area (Å²) in [7, 11) is 1.84. The van der Waals surface area contributed by atoms with E-state index in [4.69, 9.17) is 5.73 Å². The molecule has 3 N–H and O–H groups in total. The minimum Gasteiger partial charge on any atom is -0.379 e. The lowest BCUT2D eigenvalue weighted by molar-refractivity contribution is -0.109. The van der Waals surface area contributed by atoms with E-state index in [2.05, 4.69) is 12.2 Å². The molecule has 3 rings (SSSR count). The molecule has 1 heterocycles. The van der Waals surface area contributed by atoms with Gasteiger partial charge in [0.1, 0.15) is 11.3 Å². The number of aryl methyl sites for hydroxylation is 1. The highest BCUT2D eigenvalue weighted by atomic mass is 32.1. The van der Waals surface area contributed by atoms with Crippen molar-refractivity contribution in [3.8, 4) is 0 Å². The summed E-state index contributed by atoms with van der Waals surface area (Å²) in [4.78, 5) is 22.4. The lowest BCUT2D eigenvalue weighted by atomic mass is 9.95. The maximum atomic E-state index is 11.3. The number of aldehydes is 1. The number of amides is 1. The van der Waals surface area contributed by atoms with Crippen molar-refractivity contribution in [1.29, 1.82) is 0 Å². The molecule has 1 saturated carbocycles. The standard InChI is InChI=1S/C10H14N2OS.C5H8O/c1-12-10-8(9(11)13)6-4-2-3-5-7(6)14-10;1-4-2-5(4)3-6/h12H,2-5H2,1H3,(H2,11,13);3-5H,2H2,1H3. The molecule has 0 bridgehead atoms. The van der Waals surface area contributed by atoms with Gasteiger partial charge >= 0.3 is 0 Å². The quantitative estimate of drug-likeness (QED) is 0.842. The van der Waals surface area contributed by atoms with Crippen LogP contribution in [0.4, 0.5) is 5.00 Å². The number of nitrogens with two attached hydrogens (primary N) is 1. The molecule has 2 atom stereocenters. The van der Waals surface area contributed by atoms with Crippen LogP contribution in [0.3, 0.4) is 0 Å². The van der Waals surface area contributed by atoms with Crippen LogP contribution in [-0.2, 0) is 17.6 Å². The van der Waals surface area contributed by atoms with Crippen molar-refractivity contribution in [2.45, 2.75) is 39.0 Å². The Hall–Kier alpha value is -1.36. The number of hydrogen-bond acceptors (Lipinski definition) is 4. The van der Waals surface area contributed by atoms with Crippen molar-refractivity contribution in [2.75, 3.05) is 12.4 Å². The van der Waals surface area contributed by atoms with Gasteiger partial charge in [-0.1, -0.05) is 6.92 Å². The van der Waals surface area contributed by atoms with E-state index in [1.807, 2.05) is 7.05 Å². The number of rotatable bonds is 3. The largest absolute Gasteiger partial charge is 0.379 e. The monoisotopic (exact) mass is 294 g/mol. The zero-order valence-electron chi connectivity index (χ0n) is 12.1. The van der Waals surface area contributed by atoms with Crippen molar-refractivity contribution in [3.63, 3.8) is 0 Å². The van der Waals surface area contributed by atoms with E-state index in [1.54, 1.807) is 11.3 Å². The molecule has 1 fully saturated rings. The molecule has 0 radical (unpaired) electrons. The van der Waals surface area contributed by atoms with Gasteiger partial charge in [-0.2, -0.15) is 0 Å². The van der Waals surface area contributed by atoms with Crippen LogP contribution < -0.4 is 11.1 Å². The van der Waals surface area contributed by atoms with Crippen molar-refractivity contribution in [2.24, 2.45) is 17.6 Å². The second kappa shape index (κ2) is 6.39. The Kier molecular flexibility index (Phi) is 4.81. The summed E-state index contributed by atoms with van der Waals surface area (Å²) in [5.74, 6) is 0.821. The number of carbonyl (C=O) groups excluding carboxylic acids is 2. The molecule has 2 unspecified atom stereocenters. The molecule has 2 aliphatic carbocycles. The average Bonchev–Trinajstić information content (AvgIpc) is 3.03. The van der Waals surface area contributed by atoms with Gasteiger partial charge in [-0.3, -0.25) is 4.79 Å². The van der Waals surface area contributed by atoms with E-state index in [1.165, 1.54) is 23.3 Å². The zero-order chi connectivity index (χ0) is 14.7. The first kappa shape index (κ1) is 15.0. The minimum atomic E-state index is -0.297. The molecule has 1 amide bonds. The average molecular weight is 294 g/mol. The fourth-order valence-electron chi connectivity index (χ4n) is 2.54. The first-order chi connectivity index (χ1) is 9.58. The van der Waals surface area contributed by atoms with E-state index in [0.717, 1.165) is 36.1 Å². The van der Waals surface area contributed by atoms with Crippen LogP contribution >= 0.6 is 11.3 Å². The minimum absolute atomic E-state index is 0.297. The van der Waals surface area contributed by atoms with Gasteiger partial charge in [-0.05, 0) is 43.6 Å². The number of nitrogens with one attached hydrogen (secondary N) is 1. The third-order valence-electron chi connectivity index (χ3n) is 3.99. The predicted molar refractivity (Wildman–Crippen MR) is 82.4 cm³/mol. The molecule has 1 aromatic rings. The van der Waals surface area contributed by atoms with Crippen molar-refractivity contribution in [1.82, 2.24) is 0 Å². The molecule has 0 saturated heterocycles. The summed E-state index contributed by atoms with van der Waals surface area (Å²) in [5.41, 5.74) is 7.31. The van der Waals surface area contributed by atoms with Gasteiger partial charge in [0.15, 0.2) is 0 Å². The van der Waals surface area contributed by atoms with Crippen molar-refractivity contribution < 1.29 is 9.59 Å². The molecular formula is C15H22N2O2S. The highest BCUT2D eigenvalue weighted by molar-refractivity contribution is 7.16. The summed E-state index contributed by atoms with van der Waals surface area (Å²) >= 11 is 1.68. The van der Waals surface area contributed by atoms with E-state index in [-0.39, 0.29) is 5.91 Å². The molecule has 0 aromatic carbocycles. The van der Waals surface area contributed by atoms with Gasteiger partial charge in [0.05, 0.1) is 5.56 Å². The van der Waals surface area contributed by atoms with Gasteiger partial charge in [0.2, 0.25) is 0 Å². The molecule has 0 spiro atoms. The van der Waals surface area contributed by atoms with Crippen LogP contribution in [0, 0.1) is 11.8 Å². The molecule has 0 aliphatic heterocycles. The van der Waals surface area contributed by atoms with E-state index in [0.29, 0.717) is 11.8 Å². The molecule has 20 heavy (non-hydrogen) atoms. The van der Waals surface area contributed by atoms with E-state index >= 15 is 0 Å². The summed E-state index contributed by atoms with van der Waals surface area (Å²) in [6.45, 7) is 2.10. The molecule has 2 aliphatic rings. The Balaban J connectivity index is 0.000000205. The van der Waals surface area contributed by atoms with Gasteiger partial charge in [0.25, 0.3) is 5.91 Å². The fourth-order valence-corrected chi connectivity index (χ4v) is 3.79. The van der Waals surface area contributed by atoms with Gasteiger partial charge in [0, 0.05) is 17.8 Å². The highest BCUT2D eigenvalue weighted by Crippen LogP contribution is 2.37. The van der Waals surface area contributed by atoms with Crippen LogP contribution in [0.5, 0.6) is 0 Å². The normalized spacial score (nSPS) is 23.1. The van der Waals surface area contributed by atoms with Crippen LogP contribution in [0.1, 0.15) is 47.0 Å². The second-order valence-corrected chi connectivity index (χ2v) is 6.65. The summed E-state index contributed by atoms with van der Waals surface area (Å²) in [6.07, 6.45) is 6.68. The van der Waals surface area contributed by atoms with Gasteiger partial charge in [-0.15, -0.1) is 11.3 Å². The number of primary amides is 1. The third kappa shape index (κ3) is 3.20. The lowest BCUT2D eigenvalue weighted by Gasteiger charge is -2.10. The van der Waals surface area contributed by atoms with E-state index in [9.17, 15) is 9.59 Å². The number of thiophene rings is 1. The van der Waals surface area contributed by atoms with Crippen molar-refractivity contribution >= 4 is 28.5 Å². The predicted octanol–water partition coefficient (Wildman–Crippen LogP) is 2.61. The van der Waals surface area contributed by atoms with Crippen LogP contribution in [0.25, 0.3) is 0 Å². The van der Waals surface area contributed by atoms with Crippen molar-refractivity contribution in [3.05, 3.63) is 16.0 Å². The third-order valence-corrected chi connectivity index (χ3v) is 5.30. The first-order valence-corrected chi connectivity index (χ1v) is 7.97. The van der Waals surface area contributed by atoms with Crippen LogP contribution in [0.15, 0.2) is 0 Å². The Labute approximate surface area is 123 Å². The van der Waals surface area contributed by atoms with Crippen LogP contribution in [0.2, 0.25) is 0 Å². The fraction of sp³-hybridized carbons (Fsp3) is 0.600. The Morgan fingerprint density at radius 2 is 2.05 bits per heavy atom. The Bertz CT molecular complexity index is 510. The Morgan fingerprint density at radius 3 is 2.50 bits per heavy atom. The smallest absolute Gasteiger partial charge is 0.251 e. The lowest BCUT2D eigenvalue weighted by Crippen LogP contribution is -2.15.